The van der Waals surface area contributed by atoms with Crippen molar-refractivity contribution < 1.29 is 9.53 Å². The summed E-state index contributed by atoms with van der Waals surface area (Å²) in [4.78, 5) is 11.8. The lowest BCUT2D eigenvalue weighted by molar-refractivity contribution is -0.135. The number of carbonyl (C=O) groups excluding carboxylic acids is 1. The first kappa shape index (κ1) is 15.4. The highest BCUT2D eigenvalue weighted by atomic mass is 16.5. The monoisotopic (exact) mass is 256 g/mol. The van der Waals surface area contributed by atoms with Gasteiger partial charge in [-0.1, -0.05) is 32.6 Å². The van der Waals surface area contributed by atoms with Gasteiger partial charge in [0, 0.05) is 12.6 Å². The van der Waals surface area contributed by atoms with Gasteiger partial charge in [-0.25, -0.2) is 0 Å². The maximum atomic E-state index is 11.8. The van der Waals surface area contributed by atoms with Crippen LogP contribution in [0.5, 0.6) is 0 Å². The lowest BCUT2D eigenvalue weighted by Gasteiger charge is -2.36. The minimum Gasteiger partial charge on any atom is -0.364 e. The SMILES string of the molecule is CCCC(C)NC(=O)COC1(CN)CCCCC1. The third-order valence-corrected chi connectivity index (χ3v) is 3.78. The predicted molar refractivity (Wildman–Crippen MR) is 73.3 cm³/mol. The van der Waals surface area contributed by atoms with E-state index in [1.165, 1.54) is 6.42 Å². The number of hydrogen-bond acceptors (Lipinski definition) is 3. The molecular formula is C14H28N2O2. The second-order valence-electron chi connectivity index (χ2n) is 5.49. The van der Waals surface area contributed by atoms with E-state index in [2.05, 4.69) is 12.2 Å². The van der Waals surface area contributed by atoms with Gasteiger partial charge >= 0.3 is 0 Å². The molecular weight excluding hydrogens is 228 g/mol. The van der Waals surface area contributed by atoms with Gasteiger partial charge in [0.1, 0.15) is 6.61 Å². The van der Waals surface area contributed by atoms with Crippen LogP contribution in [0.2, 0.25) is 0 Å². The van der Waals surface area contributed by atoms with Crippen molar-refractivity contribution in [2.45, 2.75) is 70.4 Å². The third-order valence-electron chi connectivity index (χ3n) is 3.78. The molecule has 0 bridgehead atoms. The standard InChI is InChI=1S/C14H28N2O2/c1-3-7-12(2)16-13(17)10-18-14(11-15)8-5-4-6-9-14/h12H,3-11,15H2,1-2H3,(H,16,17). The molecule has 0 heterocycles. The second kappa shape index (κ2) is 7.74. The van der Waals surface area contributed by atoms with Crippen LogP contribution in [-0.4, -0.2) is 30.7 Å². The van der Waals surface area contributed by atoms with Gasteiger partial charge in [0.15, 0.2) is 0 Å². The molecule has 0 aliphatic heterocycles. The van der Waals surface area contributed by atoms with Crippen molar-refractivity contribution >= 4 is 5.91 Å². The van der Waals surface area contributed by atoms with Gasteiger partial charge in [0.2, 0.25) is 5.91 Å². The van der Waals surface area contributed by atoms with E-state index < -0.39 is 0 Å². The molecule has 0 aromatic rings. The molecule has 4 nitrogen and oxygen atoms in total. The Morgan fingerprint density at radius 3 is 2.61 bits per heavy atom. The third kappa shape index (κ3) is 4.94. The molecule has 4 heteroatoms. The lowest BCUT2D eigenvalue weighted by Crippen LogP contribution is -2.45. The molecule has 1 rings (SSSR count). The van der Waals surface area contributed by atoms with E-state index in [1.807, 2.05) is 6.92 Å². The molecule has 0 spiro atoms. The maximum Gasteiger partial charge on any atom is 0.246 e. The Kier molecular flexibility index (Phi) is 6.65. The Morgan fingerprint density at radius 2 is 2.06 bits per heavy atom. The van der Waals surface area contributed by atoms with E-state index in [-0.39, 0.29) is 24.2 Å². The van der Waals surface area contributed by atoms with Crippen molar-refractivity contribution in [1.29, 1.82) is 0 Å². The fraction of sp³-hybridized carbons (Fsp3) is 0.929. The first-order valence-electron chi connectivity index (χ1n) is 7.25. The van der Waals surface area contributed by atoms with Crippen molar-refractivity contribution in [2.24, 2.45) is 5.73 Å². The van der Waals surface area contributed by atoms with Gasteiger partial charge in [-0.05, 0) is 26.2 Å². The number of nitrogens with two attached hydrogens (primary N) is 1. The van der Waals surface area contributed by atoms with Crippen LogP contribution in [0.4, 0.5) is 0 Å². The van der Waals surface area contributed by atoms with E-state index in [1.54, 1.807) is 0 Å². The Labute approximate surface area is 111 Å². The Bertz CT molecular complexity index is 250. The number of nitrogens with one attached hydrogen (secondary N) is 1. The van der Waals surface area contributed by atoms with Crippen molar-refractivity contribution in [2.75, 3.05) is 13.2 Å². The molecule has 1 amide bonds. The summed E-state index contributed by atoms with van der Waals surface area (Å²) in [5.74, 6) is -0.0191. The predicted octanol–water partition coefficient (Wildman–Crippen LogP) is 1.97. The zero-order chi connectivity index (χ0) is 13.4. The van der Waals surface area contributed by atoms with E-state index in [4.69, 9.17) is 10.5 Å². The fourth-order valence-corrected chi connectivity index (χ4v) is 2.64. The van der Waals surface area contributed by atoms with Gasteiger partial charge in [0.05, 0.1) is 5.60 Å². The van der Waals surface area contributed by atoms with Gasteiger partial charge in [-0.15, -0.1) is 0 Å². The summed E-state index contributed by atoms with van der Waals surface area (Å²) in [5, 5.41) is 2.96. The first-order chi connectivity index (χ1) is 8.62. The Balaban J connectivity index is 2.31. The molecule has 106 valence electrons. The number of ether oxygens (including phenoxy) is 1. The Morgan fingerprint density at radius 1 is 1.39 bits per heavy atom. The zero-order valence-electron chi connectivity index (χ0n) is 11.8. The number of rotatable bonds is 7. The van der Waals surface area contributed by atoms with Crippen molar-refractivity contribution in [3.05, 3.63) is 0 Å². The van der Waals surface area contributed by atoms with Crippen LogP contribution in [0.3, 0.4) is 0 Å². The van der Waals surface area contributed by atoms with E-state index in [0.29, 0.717) is 6.54 Å². The average Bonchev–Trinajstić information content (AvgIpc) is 2.38. The van der Waals surface area contributed by atoms with Crippen molar-refractivity contribution in [3.8, 4) is 0 Å². The molecule has 1 saturated carbocycles. The molecule has 0 radical (unpaired) electrons. The molecule has 0 saturated heterocycles. The summed E-state index contributed by atoms with van der Waals surface area (Å²) in [6.45, 7) is 4.81. The normalized spacial score (nSPS) is 20.4. The molecule has 1 unspecified atom stereocenters. The number of carbonyl (C=O) groups is 1. The summed E-state index contributed by atoms with van der Waals surface area (Å²) in [7, 11) is 0. The highest BCUT2D eigenvalue weighted by molar-refractivity contribution is 5.77. The van der Waals surface area contributed by atoms with Crippen molar-refractivity contribution in [3.63, 3.8) is 0 Å². The van der Waals surface area contributed by atoms with Crippen LogP contribution >= 0.6 is 0 Å². The van der Waals surface area contributed by atoms with Crippen LogP contribution in [0, 0.1) is 0 Å². The molecule has 0 aromatic carbocycles. The van der Waals surface area contributed by atoms with Crippen LogP contribution in [0.25, 0.3) is 0 Å². The Hall–Kier alpha value is -0.610. The number of hydrogen-bond donors (Lipinski definition) is 2. The highest BCUT2D eigenvalue weighted by Crippen LogP contribution is 2.30. The molecule has 1 aliphatic carbocycles. The quantitative estimate of drug-likeness (QED) is 0.732. The van der Waals surface area contributed by atoms with Gasteiger partial charge in [0.25, 0.3) is 0 Å². The highest BCUT2D eigenvalue weighted by Gasteiger charge is 2.32. The maximum absolute atomic E-state index is 11.8. The molecule has 1 aliphatic rings. The summed E-state index contributed by atoms with van der Waals surface area (Å²) in [5.41, 5.74) is 5.57. The van der Waals surface area contributed by atoms with E-state index in [9.17, 15) is 4.79 Å². The minimum absolute atomic E-state index is 0.0191. The van der Waals surface area contributed by atoms with E-state index >= 15 is 0 Å². The minimum atomic E-state index is -0.246. The topological polar surface area (TPSA) is 64.3 Å². The van der Waals surface area contributed by atoms with Crippen molar-refractivity contribution in [1.82, 2.24) is 5.32 Å². The summed E-state index contributed by atoms with van der Waals surface area (Å²) in [6.07, 6.45) is 7.63. The average molecular weight is 256 g/mol. The van der Waals surface area contributed by atoms with Gasteiger partial charge in [-0.2, -0.15) is 0 Å². The lowest BCUT2D eigenvalue weighted by atomic mass is 9.85. The summed E-state index contributed by atoms with van der Waals surface area (Å²) >= 11 is 0. The first-order valence-corrected chi connectivity index (χ1v) is 7.25. The smallest absolute Gasteiger partial charge is 0.246 e. The summed E-state index contributed by atoms with van der Waals surface area (Å²) < 4.78 is 5.82. The molecule has 1 atom stereocenters. The molecule has 1 fully saturated rings. The largest absolute Gasteiger partial charge is 0.364 e. The number of amides is 1. The molecule has 0 aromatic heterocycles. The van der Waals surface area contributed by atoms with Gasteiger partial charge in [-0.3, -0.25) is 4.79 Å². The molecule has 3 N–H and O–H groups in total. The molecule has 18 heavy (non-hydrogen) atoms. The van der Waals surface area contributed by atoms with E-state index in [0.717, 1.165) is 38.5 Å². The summed E-state index contributed by atoms with van der Waals surface area (Å²) in [6, 6.07) is 0.228. The second-order valence-corrected chi connectivity index (χ2v) is 5.49. The van der Waals surface area contributed by atoms with Crippen LogP contribution in [0.1, 0.15) is 58.8 Å². The van der Waals surface area contributed by atoms with Crippen LogP contribution in [0.15, 0.2) is 0 Å². The van der Waals surface area contributed by atoms with Gasteiger partial charge < -0.3 is 15.8 Å². The van der Waals surface area contributed by atoms with Crippen LogP contribution < -0.4 is 11.1 Å². The zero-order valence-corrected chi connectivity index (χ0v) is 11.8. The fourth-order valence-electron chi connectivity index (χ4n) is 2.64. The van der Waals surface area contributed by atoms with Crippen LogP contribution in [-0.2, 0) is 9.53 Å².